The van der Waals surface area contributed by atoms with Gasteiger partial charge in [0.15, 0.2) is 1.41 Å². The van der Waals surface area contributed by atoms with Crippen molar-refractivity contribution in [2.24, 2.45) is 5.89 Å². The van der Waals surface area contributed by atoms with Crippen LogP contribution in [0.1, 0.15) is 52.7 Å². The van der Waals surface area contributed by atoms with E-state index < -0.39 is 88.5 Å². The Labute approximate surface area is 196 Å². The van der Waals surface area contributed by atoms with Crippen LogP contribution in [0.2, 0.25) is 2.82 Å². The first-order valence-electron chi connectivity index (χ1n) is 16.6. The molecular weight excluding hydrogens is 395 g/mol. The van der Waals surface area contributed by atoms with Crippen LogP contribution in [0.25, 0.3) is 0 Å². The predicted octanol–water partition coefficient (Wildman–Crippen LogP) is 2.26. The van der Waals surface area contributed by atoms with Crippen molar-refractivity contribution in [2.45, 2.75) is 33.5 Å². The number of halogens is 1. The second kappa shape index (κ2) is 10.9. The van der Waals surface area contributed by atoms with Gasteiger partial charge in [-0.1, -0.05) is 13.7 Å². The topological polar surface area (TPSA) is 81.8 Å². The third kappa shape index (κ3) is 8.67. The Morgan fingerprint density at radius 1 is 1.34 bits per heavy atom. The largest absolute Gasteiger partial charge is 0.369 e. The number of sulfonamides is 1. The third-order valence-electron chi connectivity index (χ3n) is 3.83. The molecule has 7 nitrogen and oxygen atoms in total. The first-order chi connectivity index (χ1) is 20.1. The molecule has 0 spiro atoms. The highest BCUT2D eigenvalue weighted by Crippen LogP contribution is 2.23. The molecule has 1 aliphatic rings. The molecular formula is C20H33FN4O3S. The first kappa shape index (κ1) is 9.62. The zero-order valence-corrected chi connectivity index (χ0v) is 16.6. The molecule has 2 rings (SSSR count). The molecule has 1 fully saturated rings. The quantitative estimate of drug-likeness (QED) is 0.579. The minimum absolute atomic E-state index is 0.0820. The summed E-state index contributed by atoms with van der Waals surface area (Å²) < 4.78 is 164. The van der Waals surface area contributed by atoms with Crippen molar-refractivity contribution in [1.82, 2.24) is 9.62 Å². The molecule has 1 amide bonds. The van der Waals surface area contributed by atoms with Crippen molar-refractivity contribution in [1.29, 1.82) is 0 Å². The molecule has 1 aliphatic heterocycles. The minimum atomic E-state index is -6.03. The van der Waals surface area contributed by atoms with Gasteiger partial charge in [-0.25, -0.2) is 17.5 Å². The van der Waals surface area contributed by atoms with Crippen LogP contribution in [0, 0.1) is 11.7 Å². The summed E-state index contributed by atoms with van der Waals surface area (Å²) in [5, 5.41) is 0.193. The molecule has 0 atom stereocenters. The second-order valence-corrected chi connectivity index (χ2v) is 7.49. The Balaban J connectivity index is 2.16. The maximum absolute atomic E-state index is 14.7. The highest BCUT2D eigenvalue weighted by Gasteiger charge is 2.18. The van der Waals surface area contributed by atoms with E-state index in [4.69, 9.17) is 22.0 Å². The van der Waals surface area contributed by atoms with Gasteiger partial charge in [0.05, 0.1) is 9.82 Å². The molecule has 164 valence electrons. The standard InChI is InChI=1S/C20H33FN4O3S/c1-16(2)15-29(27,28)22-6-4-5-7-24-8-10-25(11-9-24)20-13-18(21)12-19(14-20)23-17(3)26/h12-14,16,22H,4-11,15H2,1-3H3,(H,23,26)/i1D3,2D3,6D2,12D,13D,14D,15D2,16D/hD2. The van der Waals surface area contributed by atoms with Crippen molar-refractivity contribution in [3.8, 4) is 0 Å². The van der Waals surface area contributed by atoms with Crippen molar-refractivity contribution in [3.63, 3.8) is 0 Å². The SMILES string of the molecule is [2H]c1c(F)c([2H])c(N([2H])C(C)=O)c([2H])c1N1CCN(CCCC([2H])([2H])N([2H])S(=O)(=O)C([2H])([2H])C([2H])(C([2H])([2H])[2H])C([2H])([2H])[2H])CC1. The molecule has 1 aromatic carbocycles. The molecule has 0 aliphatic carbocycles. The Hall–Kier alpha value is -1.71. The van der Waals surface area contributed by atoms with E-state index in [1.807, 2.05) is 0 Å². The highest BCUT2D eigenvalue weighted by molar-refractivity contribution is 7.89. The summed E-state index contributed by atoms with van der Waals surface area (Å²) >= 11 is 0. The molecule has 0 saturated carbocycles. The van der Waals surface area contributed by atoms with Gasteiger partial charge in [-0.05, 0) is 43.4 Å². The van der Waals surface area contributed by atoms with E-state index in [-0.39, 0.29) is 50.1 Å². The lowest BCUT2D eigenvalue weighted by Crippen LogP contribution is -2.46. The molecule has 0 radical (unpaired) electrons. The smallest absolute Gasteiger partial charge is 0.221 e. The number of carbonyl (C=O) groups is 1. The maximum atomic E-state index is 14.7. The lowest BCUT2D eigenvalue weighted by Gasteiger charge is -2.36. The van der Waals surface area contributed by atoms with Crippen LogP contribution in [-0.2, 0) is 14.8 Å². The van der Waals surface area contributed by atoms with E-state index in [0.717, 1.165) is 6.92 Å². The minimum Gasteiger partial charge on any atom is -0.369 e. The first-order valence-corrected chi connectivity index (χ1v) is 10.1. The van der Waals surface area contributed by atoms with Crippen molar-refractivity contribution < 1.29 is 39.6 Å². The average molecular weight is 445 g/mol. The van der Waals surface area contributed by atoms with Gasteiger partial charge in [0, 0.05) is 66.1 Å². The highest BCUT2D eigenvalue weighted by atomic mass is 32.2. The van der Waals surface area contributed by atoms with E-state index in [0.29, 0.717) is 0 Å². The van der Waals surface area contributed by atoms with Gasteiger partial charge in [-0.2, -0.15) is 0 Å². The van der Waals surface area contributed by atoms with Crippen LogP contribution >= 0.6 is 0 Å². The summed E-state index contributed by atoms with van der Waals surface area (Å²) in [5.74, 6) is -6.47. The predicted molar refractivity (Wildman–Crippen MR) is 115 cm³/mol. The zero-order valence-electron chi connectivity index (χ0n) is 31.7. The number of rotatable bonds is 10. The summed E-state index contributed by atoms with van der Waals surface area (Å²) in [7, 11) is -6.03. The molecule has 0 bridgehead atoms. The van der Waals surface area contributed by atoms with Crippen LogP contribution in [0.15, 0.2) is 18.1 Å². The maximum Gasteiger partial charge on any atom is 0.221 e. The number of nitrogens with one attached hydrogen (secondary N) is 2. The van der Waals surface area contributed by atoms with Gasteiger partial charge in [0.25, 0.3) is 0 Å². The molecule has 1 saturated heterocycles. The summed E-state index contributed by atoms with van der Waals surface area (Å²) in [6, 6.07) is -2.28. The average Bonchev–Trinajstić information content (AvgIpc) is 2.90. The van der Waals surface area contributed by atoms with E-state index in [9.17, 15) is 17.6 Å². The van der Waals surface area contributed by atoms with Crippen molar-refractivity contribution in [2.75, 3.05) is 55.1 Å². The van der Waals surface area contributed by atoms with E-state index in [1.54, 1.807) is 4.90 Å². The normalized spacial score (nSPS) is 26.1. The molecule has 2 N–H and O–H groups in total. The Morgan fingerprint density at radius 3 is 2.72 bits per heavy atom. The fourth-order valence-corrected chi connectivity index (χ4v) is 3.21. The van der Waals surface area contributed by atoms with Crippen LogP contribution in [-0.4, -0.2) is 64.2 Å². The number of carbonyl (C=O) groups excluding carboxylic acids is 1. The summed E-state index contributed by atoms with van der Waals surface area (Å²) in [6.07, 6.45) is -0.867. The monoisotopic (exact) mass is 444 g/mol. The fraction of sp³-hybridized carbons (Fsp3) is 0.650. The number of hydrogen-bond donors (Lipinski definition) is 2. The Bertz CT molecular complexity index is 1370. The van der Waals surface area contributed by atoms with Crippen molar-refractivity contribution in [3.05, 3.63) is 23.9 Å². The summed E-state index contributed by atoms with van der Waals surface area (Å²) in [6.45, 7) is -9.55. The van der Waals surface area contributed by atoms with Crippen LogP contribution in [0.3, 0.4) is 0 Å². The van der Waals surface area contributed by atoms with Crippen LogP contribution in [0.4, 0.5) is 15.8 Å². The molecule has 1 aromatic rings. The summed E-state index contributed by atoms with van der Waals surface area (Å²) in [4.78, 5) is 14.8. The number of hydrogen-bond acceptors (Lipinski definition) is 5. The van der Waals surface area contributed by atoms with E-state index >= 15 is 0 Å². The number of anilines is 2. The number of piperazine rings is 1. The molecule has 9 heteroatoms. The molecule has 0 aromatic heterocycles. The Kier molecular flexibility index (Phi) is 3.61. The molecule has 1 heterocycles. The third-order valence-corrected chi connectivity index (χ3v) is 4.66. The number of amides is 1. The van der Waals surface area contributed by atoms with E-state index in [1.165, 1.54) is 4.90 Å². The van der Waals surface area contributed by atoms with Crippen molar-refractivity contribution >= 4 is 27.3 Å². The second-order valence-electron chi connectivity index (χ2n) is 6.15. The fourth-order valence-electron chi connectivity index (χ4n) is 2.64. The van der Waals surface area contributed by atoms with Gasteiger partial charge < -0.3 is 10.2 Å². The molecule has 29 heavy (non-hydrogen) atoms. The van der Waals surface area contributed by atoms with Crippen LogP contribution < -0.4 is 14.9 Å². The van der Waals surface area contributed by atoms with Gasteiger partial charge in [-0.15, -0.1) is 0 Å². The number of nitrogens with zero attached hydrogens (tertiary/aromatic N) is 2. The van der Waals surface area contributed by atoms with Gasteiger partial charge in [0.1, 0.15) is 7.23 Å². The zero-order chi connectivity index (χ0) is 35.3. The van der Waals surface area contributed by atoms with Gasteiger partial charge in [0.2, 0.25) is 15.9 Å². The summed E-state index contributed by atoms with van der Waals surface area (Å²) in [5.41, 5.74) is -5.32. The van der Waals surface area contributed by atoms with Crippen LogP contribution in [0.5, 0.6) is 0 Å². The Morgan fingerprint density at radius 2 is 2.07 bits per heavy atom. The van der Waals surface area contributed by atoms with Gasteiger partial charge in [-0.3, -0.25) is 9.69 Å². The van der Waals surface area contributed by atoms with E-state index in [2.05, 4.69) is 0 Å². The molecule has 0 unspecified atom stereocenters. The lowest BCUT2D eigenvalue weighted by atomic mass is 10.2. The number of benzene rings is 1. The van der Waals surface area contributed by atoms with Gasteiger partial charge >= 0.3 is 0 Å². The lowest BCUT2D eigenvalue weighted by molar-refractivity contribution is -0.114.